The van der Waals surface area contributed by atoms with Crippen LogP contribution in [0.5, 0.6) is 0 Å². The van der Waals surface area contributed by atoms with Gasteiger partial charge >= 0.3 is 0 Å². The highest BCUT2D eigenvalue weighted by molar-refractivity contribution is 5.94. The Morgan fingerprint density at radius 2 is 1.92 bits per heavy atom. The van der Waals surface area contributed by atoms with Crippen molar-refractivity contribution in [2.24, 2.45) is 5.41 Å². The Balaban J connectivity index is 1.38. The molecule has 2 N–H and O–H groups in total. The van der Waals surface area contributed by atoms with E-state index < -0.39 is 0 Å². The molecule has 0 saturated carbocycles. The van der Waals surface area contributed by atoms with Gasteiger partial charge in [0.2, 0.25) is 5.91 Å². The lowest BCUT2D eigenvalue weighted by molar-refractivity contribution is -0.119. The van der Waals surface area contributed by atoms with Gasteiger partial charge in [0.05, 0.1) is 0 Å². The first-order valence-corrected chi connectivity index (χ1v) is 9.02. The van der Waals surface area contributed by atoms with Crippen LogP contribution in [-0.2, 0) is 4.79 Å². The molecule has 1 spiro atoms. The van der Waals surface area contributed by atoms with Gasteiger partial charge in [-0.2, -0.15) is 0 Å². The third kappa shape index (κ3) is 2.93. The number of benzene rings is 1. The quantitative estimate of drug-likeness (QED) is 0.865. The number of rotatable bonds is 2. The fraction of sp³-hybridized carbons (Fsp3) is 0.579. The summed E-state index contributed by atoms with van der Waals surface area (Å²) in [5.74, 6) is 0.862. The number of piperidine rings is 1. The highest BCUT2D eigenvalue weighted by Crippen LogP contribution is 2.37. The van der Waals surface area contributed by atoms with Crippen molar-refractivity contribution in [3.8, 4) is 0 Å². The molecule has 3 aliphatic heterocycles. The van der Waals surface area contributed by atoms with Crippen LogP contribution < -0.4 is 10.6 Å². The molecule has 1 aromatic carbocycles. The lowest BCUT2D eigenvalue weighted by atomic mass is 9.77. The number of carbonyl (C=O) groups is 2. The van der Waals surface area contributed by atoms with E-state index in [-0.39, 0.29) is 17.2 Å². The molecule has 24 heavy (non-hydrogen) atoms. The van der Waals surface area contributed by atoms with Gasteiger partial charge in [0.25, 0.3) is 5.91 Å². The van der Waals surface area contributed by atoms with Crippen LogP contribution in [0.25, 0.3) is 0 Å². The molecule has 0 aromatic heterocycles. The van der Waals surface area contributed by atoms with Crippen molar-refractivity contribution in [3.63, 3.8) is 0 Å². The van der Waals surface area contributed by atoms with Crippen molar-refractivity contribution >= 4 is 11.8 Å². The first kappa shape index (κ1) is 15.6. The average molecular weight is 327 g/mol. The third-order valence-corrected chi connectivity index (χ3v) is 6.00. The fourth-order valence-corrected chi connectivity index (χ4v) is 4.31. The first-order valence-electron chi connectivity index (χ1n) is 9.02. The van der Waals surface area contributed by atoms with Gasteiger partial charge in [0, 0.05) is 38.2 Å². The number of likely N-dealkylation sites (tertiary alicyclic amines) is 1. The smallest absolute Gasteiger partial charge is 0.253 e. The van der Waals surface area contributed by atoms with Crippen molar-refractivity contribution in [2.75, 3.05) is 32.7 Å². The Labute approximate surface area is 142 Å². The average Bonchev–Trinajstić information content (AvgIpc) is 3.26. The molecule has 0 radical (unpaired) electrons. The summed E-state index contributed by atoms with van der Waals surface area (Å²) < 4.78 is 0. The molecule has 3 saturated heterocycles. The molecule has 3 heterocycles. The van der Waals surface area contributed by atoms with Crippen LogP contribution in [0.1, 0.15) is 47.5 Å². The minimum atomic E-state index is 0.0905. The standard InChI is InChI=1S/C19H25N3O2/c23-17-11-19(13-21-17)6-9-22(10-7-19)18(24)15-3-1-14(2-4-15)16-5-8-20-12-16/h1-4,16,20H,5-13H2,(H,21,23). The van der Waals surface area contributed by atoms with Crippen LogP contribution in [-0.4, -0.2) is 49.4 Å². The van der Waals surface area contributed by atoms with Gasteiger partial charge in [-0.15, -0.1) is 0 Å². The Bertz CT molecular complexity index is 627. The van der Waals surface area contributed by atoms with Gasteiger partial charge in [-0.25, -0.2) is 0 Å². The number of carbonyl (C=O) groups excluding carboxylic acids is 2. The maximum Gasteiger partial charge on any atom is 0.253 e. The molecule has 1 unspecified atom stereocenters. The van der Waals surface area contributed by atoms with Crippen molar-refractivity contribution in [1.82, 2.24) is 15.5 Å². The largest absolute Gasteiger partial charge is 0.356 e. The predicted molar refractivity (Wildman–Crippen MR) is 91.9 cm³/mol. The minimum absolute atomic E-state index is 0.0905. The van der Waals surface area contributed by atoms with Crippen LogP contribution in [0.4, 0.5) is 0 Å². The Kier molecular flexibility index (Phi) is 4.04. The van der Waals surface area contributed by atoms with Gasteiger partial charge in [-0.1, -0.05) is 12.1 Å². The molecule has 1 atom stereocenters. The Morgan fingerprint density at radius 3 is 2.50 bits per heavy atom. The summed E-state index contributed by atoms with van der Waals surface area (Å²) in [6.45, 7) is 4.40. The second-order valence-corrected chi connectivity index (χ2v) is 7.56. The van der Waals surface area contributed by atoms with E-state index in [1.54, 1.807) is 0 Å². The first-order chi connectivity index (χ1) is 11.7. The monoisotopic (exact) mass is 327 g/mol. The lowest BCUT2D eigenvalue weighted by Crippen LogP contribution is -2.44. The molecule has 5 nitrogen and oxygen atoms in total. The summed E-state index contributed by atoms with van der Waals surface area (Å²) >= 11 is 0. The zero-order chi connectivity index (χ0) is 16.6. The van der Waals surface area contributed by atoms with Gasteiger partial charge in [0.1, 0.15) is 0 Å². The maximum absolute atomic E-state index is 12.7. The van der Waals surface area contributed by atoms with Gasteiger partial charge < -0.3 is 15.5 Å². The van der Waals surface area contributed by atoms with Crippen LogP contribution in [0.2, 0.25) is 0 Å². The number of nitrogens with one attached hydrogen (secondary N) is 2. The summed E-state index contributed by atoms with van der Waals surface area (Å²) in [7, 11) is 0. The SMILES string of the molecule is O=C1CC2(CCN(C(=O)c3ccc(C4CCNC4)cc3)CC2)CN1. The highest BCUT2D eigenvalue weighted by atomic mass is 16.2. The molecule has 3 fully saturated rings. The second-order valence-electron chi connectivity index (χ2n) is 7.56. The molecule has 5 heteroatoms. The molecule has 128 valence electrons. The van der Waals surface area contributed by atoms with Crippen LogP contribution in [0.3, 0.4) is 0 Å². The summed E-state index contributed by atoms with van der Waals surface area (Å²) in [4.78, 5) is 26.2. The highest BCUT2D eigenvalue weighted by Gasteiger charge is 2.41. The molecule has 3 aliphatic rings. The van der Waals surface area contributed by atoms with E-state index in [1.807, 2.05) is 17.0 Å². The number of nitrogens with zero attached hydrogens (tertiary/aromatic N) is 1. The fourth-order valence-electron chi connectivity index (χ4n) is 4.31. The predicted octanol–water partition coefficient (Wildman–Crippen LogP) is 1.51. The van der Waals surface area contributed by atoms with E-state index >= 15 is 0 Å². The molecule has 1 aromatic rings. The van der Waals surface area contributed by atoms with E-state index in [1.165, 1.54) is 12.0 Å². The number of hydrogen-bond acceptors (Lipinski definition) is 3. The summed E-state index contributed by atoms with van der Waals surface area (Å²) in [5.41, 5.74) is 2.19. The van der Waals surface area contributed by atoms with E-state index in [4.69, 9.17) is 0 Å². The summed E-state index contributed by atoms with van der Waals surface area (Å²) in [5, 5.41) is 6.32. The minimum Gasteiger partial charge on any atom is -0.356 e. The van der Waals surface area contributed by atoms with Gasteiger partial charge in [0.15, 0.2) is 0 Å². The van der Waals surface area contributed by atoms with Crippen molar-refractivity contribution in [3.05, 3.63) is 35.4 Å². The van der Waals surface area contributed by atoms with Crippen molar-refractivity contribution in [1.29, 1.82) is 0 Å². The molecule has 0 bridgehead atoms. The van der Waals surface area contributed by atoms with Crippen LogP contribution >= 0.6 is 0 Å². The van der Waals surface area contributed by atoms with E-state index in [9.17, 15) is 9.59 Å². The molecular weight excluding hydrogens is 302 g/mol. The van der Waals surface area contributed by atoms with Crippen LogP contribution in [0.15, 0.2) is 24.3 Å². The van der Waals surface area contributed by atoms with E-state index in [0.29, 0.717) is 12.3 Å². The molecular formula is C19H25N3O2. The number of hydrogen-bond donors (Lipinski definition) is 2. The zero-order valence-corrected chi connectivity index (χ0v) is 14.0. The lowest BCUT2D eigenvalue weighted by Gasteiger charge is -2.38. The number of amides is 2. The van der Waals surface area contributed by atoms with Crippen molar-refractivity contribution in [2.45, 2.75) is 31.6 Å². The Hall–Kier alpha value is -1.88. The van der Waals surface area contributed by atoms with E-state index in [0.717, 1.165) is 51.1 Å². The molecule has 4 rings (SSSR count). The van der Waals surface area contributed by atoms with Gasteiger partial charge in [-0.05, 0) is 54.8 Å². The summed E-state index contributed by atoms with van der Waals surface area (Å²) in [6, 6.07) is 8.16. The normalized spacial score (nSPS) is 25.9. The molecule has 0 aliphatic carbocycles. The van der Waals surface area contributed by atoms with E-state index in [2.05, 4.69) is 22.8 Å². The zero-order valence-electron chi connectivity index (χ0n) is 14.0. The topological polar surface area (TPSA) is 61.4 Å². The molecule has 2 amide bonds. The maximum atomic E-state index is 12.7. The van der Waals surface area contributed by atoms with Gasteiger partial charge in [-0.3, -0.25) is 9.59 Å². The third-order valence-electron chi connectivity index (χ3n) is 6.00. The Morgan fingerprint density at radius 1 is 1.17 bits per heavy atom. The summed E-state index contributed by atoms with van der Waals surface area (Å²) in [6.07, 6.45) is 3.64. The van der Waals surface area contributed by atoms with Crippen LogP contribution in [0, 0.1) is 5.41 Å². The van der Waals surface area contributed by atoms with Crippen molar-refractivity contribution < 1.29 is 9.59 Å². The second kappa shape index (κ2) is 6.20.